The van der Waals surface area contributed by atoms with Crippen LogP contribution in [0.3, 0.4) is 0 Å². The van der Waals surface area contributed by atoms with Crippen LogP contribution in [0.2, 0.25) is 0 Å². The molecule has 0 spiro atoms. The second-order valence-corrected chi connectivity index (χ2v) is 10.3. The number of amides is 2. The molecule has 3 fully saturated rings. The second kappa shape index (κ2) is 8.81. The molecule has 0 N–H and O–H groups in total. The van der Waals surface area contributed by atoms with Gasteiger partial charge in [-0.2, -0.15) is 0 Å². The van der Waals surface area contributed by atoms with Gasteiger partial charge in [0.15, 0.2) is 0 Å². The standard InChI is InChI=1S/C28H32FN3O2/c29-26-9-7-20(17-25(26)27(33)30-12-1-2-13-30)19-6-8-24-21(16-19)10-15-32(28(24)34)23-11-14-31(18-23)22-4-3-5-22/h6-9,16-17,22-23H,1-5,10-15,18H2/t23-/m1/s1. The van der Waals surface area contributed by atoms with E-state index in [1.165, 1.54) is 25.3 Å². The molecule has 2 saturated heterocycles. The van der Waals surface area contributed by atoms with Crippen LogP contribution in [0.15, 0.2) is 36.4 Å². The summed E-state index contributed by atoms with van der Waals surface area (Å²) in [5.74, 6) is -0.567. The van der Waals surface area contributed by atoms with Crippen LogP contribution in [0.4, 0.5) is 4.39 Å². The van der Waals surface area contributed by atoms with Crippen molar-refractivity contribution in [3.05, 3.63) is 58.9 Å². The highest BCUT2D eigenvalue weighted by Crippen LogP contribution is 2.33. The molecule has 0 bridgehead atoms. The predicted octanol–water partition coefficient (Wildman–Crippen LogP) is 4.35. The smallest absolute Gasteiger partial charge is 0.256 e. The third-order valence-corrected chi connectivity index (χ3v) is 8.37. The number of nitrogens with zero attached hydrogens (tertiary/aromatic N) is 3. The largest absolute Gasteiger partial charge is 0.339 e. The van der Waals surface area contributed by atoms with Gasteiger partial charge < -0.3 is 9.80 Å². The zero-order valence-electron chi connectivity index (χ0n) is 19.6. The van der Waals surface area contributed by atoms with Crippen molar-refractivity contribution in [3.63, 3.8) is 0 Å². The molecule has 6 rings (SSSR count). The van der Waals surface area contributed by atoms with E-state index in [0.29, 0.717) is 19.1 Å². The lowest BCUT2D eigenvalue weighted by Gasteiger charge is -2.37. The lowest BCUT2D eigenvalue weighted by atomic mass is 9.91. The molecule has 0 radical (unpaired) electrons. The summed E-state index contributed by atoms with van der Waals surface area (Å²) in [6.07, 6.45) is 7.80. The highest BCUT2D eigenvalue weighted by Gasteiger charge is 2.37. The van der Waals surface area contributed by atoms with Crippen LogP contribution in [0.25, 0.3) is 11.1 Å². The van der Waals surface area contributed by atoms with Crippen LogP contribution in [0.1, 0.15) is 64.8 Å². The van der Waals surface area contributed by atoms with Crippen LogP contribution < -0.4 is 0 Å². The van der Waals surface area contributed by atoms with Gasteiger partial charge in [-0.05, 0) is 73.4 Å². The molecule has 3 aliphatic heterocycles. The van der Waals surface area contributed by atoms with Crippen molar-refractivity contribution >= 4 is 11.8 Å². The van der Waals surface area contributed by atoms with E-state index in [9.17, 15) is 14.0 Å². The fourth-order valence-electron chi connectivity index (χ4n) is 6.10. The Morgan fingerprint density at radius 3 is 2.38 bits per heavy atom. The third kappa shape index (κ3) is 3.82. The predicted molar refractivity (Wildman–Crippen MR) is 129 cm³/mol. The van der Waals surface area contributed by atoms with E-state index in [1.807, 2.05) is 12.1 Å². The molecule has 1 saturated carbocycles. The van der Waals surface area contributed by atoms with E-state index >= 15 is 0 Å². The summed E-state index contributed by atoms with van der Waals surface area (Å²) in [5, 5.41) is 0. The Labute approximate surface area is 200 Å². The molecule has 1 atom stereocenters. The summed E-state index contributed by atoms with van der Waals surface area (Å²) >= 11 is 0. The van der Waals surface area contributed by atoms with Crippen molar-refractivity contribution in [3.8, 4) is 11.1 Å². The van der Waals surface area contributed by atoms with E-state index in [0.717, 1.165) is 73.6 Å². The molecular formula is C28H32FN3O2. The van der Waals surface area contributed by atoms with E-state index in [4.69, 9.17) is 0 Å². The molecule has 0 unspecified atom stereocenters. The number of fused-ring (bicyclic) bond motifs is 1. The molecule has 0 aromatic heterocycles. The van der Waals surface area contributed by atoms with E-state index in [2.05, 4.69) is 15.9 Å². The summed E-state index contributed by atoms with van der Waals surface area (Å²) < 4.78 is 14.5. The molecule has 178 valence electrons. The molecular weight excluding hydrogens is 429 g/mol. The molecule has 2 aromatic rings. The van der Waals surface area contributed by atoms with Gasteiger partial charge in [-0.1, -0.05) is 24.6 Å². The van der Waals surface area contributed by atoms with Crippen molar-refractivity contribution in [2.24, 2.45) is 0 Å². The molecule has 1 aliphatic carbocycles. The number of carbonyl (C=O) groups is 2. The first-order chi connectivity index (χ1) is 16.6. The Morgan fingerprint density at radius 1 is 0.853 bits per heavy atom. The maximum absolute atomic E-state index is 14.5. The highest BCUT2D eigenvalue weighted by atomic mass is 19.1. The Bertz CT molecular complexity index is 1120. The quantitative estimate of drug-likeness (QED) is 0.680. The molecule has 3 heterocycles. The van der Waals surface area contributed by atoms with Gasteiger partial charge >= 0.3 is 0 Å². The SMILES string of the molecule is O=C(c1cc(-c2ccc3c(c2)CCN([C@@H]2CCN(C4CCC4)C2)C3=O)ccc1F)N1CCCC1. The van der Waals surface area contributed by atoms with Gasteiger partial charge in [0.25, 0.3) is 11.8 Å². The lowest BCUT2D eigenvalue weighted by molar-refractivity contribution is 0.0646. The first-order valence-corrected chi connectivity index (χ1v) is 12.9. The third-order valence-electron chi connectivity index (χ3n) is 8.37. The fraction of sp³-hybridized carbons (Fsp3) is 0.500. The van der Waals surface area contributed by atoms with Crippen molar-refractivity contribution in [1.82, 2.24) is 14.7 Å². The Balaban J connectivity index is 1.21. The Kier molecular flexibility index (Phi) is 5.64. The summed E-state index contributed by atoms with van der Waals surface area (Å²) in [4.78, 5) is 32.6. The molecule has 2 amide bonds. The number of carbonyl (C=O) groups excluding carboxylic acids is 2. The van der Waals surface area contributed by atoms with Crippen LogP contribution in [0, 0.1) is 5.82 Å². The minimum absolute atomic E-state index is 0.136. The number of halogens is 1. The van der Waals surface area contributed by atoms with Crippen molar-refractivity contribution in [2.45, 2.75) is 57.0 Å². The zero-order valence-corrected chi connectivity index (χ0v) is 19.6. The Hall–Kier alpha value is -2.73. The van der Waals surface area contributed by atoms with E-state index in [-0.39, 0.29) is 17.4 Å². The summed E-state index contributed by atoms with van der Waals surface area (Å²) in [5.41, 5.74) is 3.70. The van der Waals surface area contributed by atoms with Gasteiger partial charge in [-0.3, -0.25) is 14.5 Å². The number of benzene rings is 2. The minimum Gasteiger partial charge on any atom is -0.339 e. The van der Waals surface area contributed by atoms with Crippen LogP contribution in [0.5, 0.6) is 0 Å². The van der Waals surface area contributed by atoms with Crippen LogP contribution >= 0.6 is 0 Å². The summed E-state index contributed by atoms with van der Waals surface area (Å²) in [6, 6.07) is 11.7. The molecule has 34 heavy (non-hydrogen) atoms. The molecule has 4 aliphatic rings. The second-order valence-electron chi connectivity index (χ2n) is 10.3. The highest BCUT2D eigenvalue weighted by molar-refractivity contribution is 5.98. The molecule has 5 nitrogen and oxygen atoms in total. The molecule has 2 aromatic carbocycles. The lowest BCUT2D eigenvalue weighted by Crippen LogP contribution is -2.47. The van der Waals surface area contributed by atoms with Crippen molar-refractivity contribution in [2.75, 3.05) is 32.7 Å². The Morgan fingerprint density at radius 2 is 1.62 bits per heavy atom. The zero-order chi connectivity index (χ0) is 23.2. The molecule has 6 heteroatoms. The van der Waals surface area contributed by atoms with Crippen LogP contribution in [-0.4, -0.2) is 71.3 Å². The normalized spacial score (nSPS) is 23.3. The van der Waals surface area contributed by atoms with Gasteiger partial charge in [0.2, 0.25) is 0 Å². The number of hydrogen-bond acceptors (Lipinski definition) is 3. The number of hydrogen-bond donors (Lipinski definition) is 0. The fourth-order valence-corrected chi connectivity index (χ4v) is 6.10. The topological polar surface area (TPSA) is 43.9 Å². The van der Waals surface area contributed by atoms with Crippen LogP contribution in [-0.2, 0) is 6.42 Å². The maximum Gasteiger partial charge on any atom is 0.256 e. The van der Waals surface area contributed by atoms with Crippen molar-refractivity contribution < 1.29 is 14.0 Å². The van der Waals surface area contributed by atoms with Gasteiger partial charge in [0, 0.05) is 50.4 Å². The van der Waals surface area contributed by atoms with Gasteiger partial charge in [0.05, 0.1) is 5.56 Å². The van der Waals surface area contributed by atoms with E-state index in [1.54, 1.807) is 17.0 Å². The average molecular weight is 462 g/mol. The first kappa shape index (κ1) is 21.8. The maximum atomic E-state index is 14.5. The number of rotatable bonds is 4. The minimum atomic E-state index is -0.475. The van der Waals surface area contributed by atoms with Gasteiger partial charge in [-0.25, -0.2) is 4.39 Å². The average Bonchev–Trinajstić information content (AvgIpc) is 3.51. The first-order valence-electron chi connectivity index (χ1n) is 12.9. The van der Waals surface area contributed by atoms with E-state index < -0.39 is 5.82 Å². The monoisotopic (exact) mass is 461 g/mol. The van der Waals surface area contributed by atoms with Gasteiger partial charge in [0.1, 0.15) is 5.82 Å². The number of likely N-dealkylation sites (tertiary alicyclic amines) is 2. The van der Waals surface area contributed by atoms with Crippen molar-refractivity contribution in [1.29, 1.82) is 0 Å². The van der Waals surface area contributed by atoms with Gasteiger partial charge in [-0.15, -0.1) is 0 Å². The summed E-state index contributed by atoms with van der Waals surface area (Å²) in [7, 11) is 0. The summed E-state index contributed by atoms with van der Waals surface area (Å²) in [6.45, 7) is 4.25.